The second-order valence-corrected chi connectivity index (χ2v) is 17.5. The number of ether oxygens (including phenoxy) is 2. The molecule has 0 spiro atoms. The molecule has 1 aromatic heterocycles. The van der Waals surface area contributed by atoms with Crippen molar-refractivity contribution in [2.45, 2.75) is 76.3 Å². The van der Waals surface area contributed by atoms with Crippen LogP contribution in [-0.4, -0.2) is 66.4 Å². The van der Waals surface area contributed by atoms with E-state index in [4.69, 9.17) is 14.6 Å². The van der Waals surface area contributed by atoms with Crippen LogP contribution < -0.4 is 4.74 Å². The molecule has 1 N–H and O–H groups in total. The van der Waals surface area contributed by atoms with Gasteiger partial charge in [-0.2, -0.15) is 5.10 Å². The predicted molar refractivity (Wildman–Crippen MR) is 140 cm³/mol. The second kappa shape index (κ2) is 11.1. The van der Waals surface area contributed by atoms with Crippen LogP contribution in [0.3, 0.4) is 0 Å². The maximum Gasteiger partial charge on any atom is 0.224 e. The number of aromatic nitrogens is 2. The molecule has 4 rings (SSSR count). The van der Waals surface area contributed by atoms with E-state index in [1.807, 2.05) is 11.0 Å². The van der Waals surface area contributed by atoms with E-state index in [1.54, 1.807) is 0 Å². The quantitative estimate of drug-likeness (QED) is 0.324. The molecule has 9 heteroatoms. The minimum Gasteiger partial charge on any atom is -0.490 e. The minimum absolute atomic E-state index is 0.0289. The zero-order valence-corrected chi connectivity index (χ0v) is 23.2. The Labute approximate surface area is 211 Å². The summed E-state index contributed by atoms with van der Waals surface area (Å²) in [6.07, 6.45) is 7.66. The highest BCUT2D eigenvalue weighted by Gasteiger charge is 2.32. The third kappa shape index (κ3) is 6.41. The molecule has 0 unspecified atom stereocenters. The predicted octanol–water partition coefficient (Wildman–Crippen LogP) is 5.20. The van der Waals surface area contributed by atoms with E-state index < -0.39 is 8.07 Å². The Kier molecular flexibility index (Phi) is 8.38. The van der Waals surface area contributed by atoms with Gasteiger partial charge < -0.3 is 19.5 Å². The maximum absolute atomic E-state index is 12.4. The molecule has 2 heterocycles. The van der Waals surface area contributed by atoms with Crippen LogP contribution in [0.15, 0.2) is 22.8 Å². The van der Waals surface area contributed by atoms with Crippen LogP contribution in [-0.2, 0) is 9.53 Å². The highest BCUT2D eigenvalue weighted by atomic mass is 79.9. The lowest BCUT2D eigenvalue weighted by molar-refractivity contribution is -0.134. The highest BCUT2D eigenvalue weighted by molar-refractivity contribution is 9.10. The normalized spacial score (nSPS) is 23.7. The van der Waals surface area contributed by atoms with Crippen molar-refractivity contribution in [1.82, 2.24) is 14.7 Å². The topological polar surface area (TPSA) is 76.8 Å². The number of carbonyl (C=O) groups excluding carboxylic acids is 1. The minimum atomic E-state index is -1.15. The fourth-order valence-corrected chi connectivity index (χ4v) is 6.04. The Morgan fingerprint density at radius 3 is 2.65 bits per heavy atom. The number of likely N-dealkylation sites (tertiary alicyclic amines) is 1. The number of hydrogen-bond acceptors (Lipinski definition) is 5. The van der Waals surface area contributed by atoms with Crippen molar-refractivity contribution in [3.63, 3.8) is 0 Å². The number of aliphatic hydroxyl groups excluding tert-OH is 1. The molecule has 0 bridgehead atoms. The fourth-order valence-electron chi connectivity index (χ4n) is 4.80. The summed E-state index contributed by atoms with van der Waals surface area (Å²) < 4.78 is 15.0. The van der Waals surface area contributed by atoms with Crippen LogP contribution in [0.5, 0.6) is 5.75 Å². The summed E-state index contributed by atoms with van der Waals surface area (Å²) in [6.45, 7) is 8.77. The van der Waals surface area contributed by atoms with Gasteiger partial charge in [-0.25, -0.2) is 0 Å². The number of amides is 1. The average molecular weight is 553 g/mol. The van der Waals surface area contributed by atoms with E-state index in [0.29, 0.717) is 38.3 Å². The summed E-state index contributed by atoms with van der Waals surface area (Å²) in [5, 5.41) is 15.3. The van der Waals surface area contributed by atoms with Crippen LogP contribution in [0.1, 0.15) is 44.6 Å². The molecule has 34 heavy (non-hydrogen) atoms. The molecule has 1 aliphatic carbocycles. The van der Waals surface area contributed by atoms with Crippen molar-refractivity contribution < 1.29 is 19.4 Å². The Balaban J connectivity index is 1.36. The zero-order chi connectivity index (χ0) is 24.3. The lowest BCUT2D eigenvalue weighted by Gasteiger charge is -2.27. The van der Waals surface area contributed by atoms with E-state index in [1.165, 1.54) is 0 Å². The summed E-state index contributed by atoms with van der Waals surface area (Å²) in [5.74, 6) is 1.33. The zero-order valence-electron chi connectivity index (χ0n) is 20.6. The lowest BCUT2D eigenvalue weighted by Crippen LogP contribution is -2.39. The van der Waals surface area contributed by atoms with Crippen molar-refractivity contribution in [3.8, 4) is 5.75 Å². The van der Waals surface area contributed by atoms with Gasteiger partial charge in [-0.15, -0.1) is 0 Å². The Morgan fingerprint density at radius 2 is 1.94 bits per heavy atom. The number of rotatable bonds is 10. The summed E-state index contributed by atoms with van der Waals surface area (Å²) in [6, 6.07) is 5.56. The number of halogens is 1. The van der Waals surface area contributed by atoms with Gasteiger partial charge in [0.25, 0.3) is 0 Å². The highest BCUT2D eigenvalue weighted by Crippen LogP contribution is 2.35. The Morgan fingerprint density at radius 1 is 1.18 bits per heavy atom. The van der Waals surface area contributed by atoms with Gasteiger partial charge in [-0.1, -0.05) is 19.6 Å². The summed E-state index contributed by atoms with van der Waals surface area (Å²) in [4.78, 5) is 14.2. The molecule has 188 valence electrons. The fraction of sp³-hybridized carbons (Fsp3) is 0.680. The van der Waals surface area contributed by atoms with Crippen molar-refractivity contribution in [2.75, 3.05) is 26.6 Å². The SMILES string of the molecule is C[Si](C)(C)CCOCN1C(=O)CC[C@@H]1COc1cc2nn(C3CCC(CO)CC3)cc2cc1Br. The van der Waals surface area contributed by atoms with Crippen LogP contribution >= 0.6 is 15.9 Å². The third-order valence-electron chi connectivity index (χ3n) is 7.13. The molecule has 2 aliphatic rings. The first-order valence-electron chi connectivity index (χ1n) is 12.5. The standard InChI is InChI=1S/C25H38BrN3O4Si/c1-34(2,3)11-10-32-17-28-21(8-9-25(28)31)16-33-24-13-23-19(12-22(24)26)14-29(27-23)20-6-4-18(15-30)5-7-20/h12-14,18,20-21,30H,4-11,15-17H2,1-3H3/t18?,20?,21-/m1/s1. The van der Waals surface area contributed by atoms with E-state index >= 15 is 0 Å². The van der Waals surface area contributed by atoms with E-state index in [2.05, 4.69) is 52.5 Å². The largest absolute Gasteiger partial charge is 0.490 e. The number of aliphatic hydroxyl groups is 1. The average Bonchev–Trinajstić information content (AvgIpc) is 3.37. The molecule has 1 saturated carbocycles. The molecule has 1 amide bonds. The van der Waals surface area contributed by atoms with Crippen molar-refractivity contribution in [1.29, 1.82) is 0 Å². The number of carbonyl (C=O) groups is 1. The molecule has 1 aromatic carbocycles. The van der Waals surface area contributed by atoms with Crippen LogP contribution in [0.2, 0.25) is 25.7 Å². The van der Waals surface area contributed by atoms with E-state index in [9.17, 15) is 9.90 Å². The smallest absolute Gasteiger partial charge is 0.224 e. The number of nitrogens with zero attached hydrogens (tertiary/aromatic N) is 3. The van der Waals surface area contributed by atoms with Gasteiger partial charge in [-0.05, 0) is 66.1 Å². The number of fused-ring (bicyclic) bond motifs is 1. The molecular formula is C25H38BrN3O4Si. The molecule has 1 aliphatic heterocycles. The van der Waals surface area contributed by atoms with E-state index in [-0.39, 0.29) is 18.6 Å². The molecule has 2 aromatic rings. The van der Waals surface area contributed by atoms with Crippen LogP contribution in [0, 0.1) is 5.92 Å². The number of hydrogen-bond donors (Lipinski definition) is 1. The first-order chi connectivity index (χ1) is 16.2. The molecule has 7 nitrogen and oxygen atoms in total. The molecule has 2 fully saturated rings. The second-order valence-electron chi connectivity index (χ2n) is 11.0. The first-order valence-corrected chi connectivity index (χ1v) is 17.0. The lowest BCUT2D eigenvalue weighted by atomic mass is 9.87. The Bertz CT molecular complexity index is 984. The van der Waals surface area contributed by atoms with Gasteiger partial charge in [0.2, 0.25) is 5.91 Å². The maximum atomic E-state index is 12.4. The summed E-state index contributed by atoms with van der Waals surface area (Å²) >= 11 is 3.66. The van der Waals surface area contributed by atoms with Gasteiger partial charge in [0.1, 0.15) is 19.1 Å². The molecule has 1 saturated heterocycles. The Hall–Kier alpha value is -1.42. The van der Waals surface area contributed by atoms with Crippen molar-refractivity contribution >= 4 is 40.8 Å². The van der Waals surface area contributed by atoms with Gasteiger partial charge in [-0.3, -0.25) is 9.48 Å². The van der Waals surface area contributed by atoms with Crippen LogP contribution in [0.25, 0.3) is 10.9 Å². The van der Waals surface area contributed by atoms with Gasteiger partial charge >= 0.3 is 0 Å². The molecular weight excluding hydrogens is 514 g/mol. The van der Waals surface area contributed by atoms with E-state index in [0.717, 1.165) is 59.3 Å². The van der Waals surface area contributed by atoms with Gasteiger partial charge in [0.05, 0.1) is 22.1 Å². The van der Waals surface area contributed by atoms with Crippen molar-refractivity contribution in [3.05, 3.63) is 22.8 Å². The van der Waals surface area contributed by atoms with Gasteiger partial charge in [0, 0.05) is 45.4 Å². The summed E-state index contributed by atoms with van der Waals surface area (Å²) in [5.41, 5.74) is 0.913. The first kappa shape index (κ1) is 25.7. The number of benzene rings is 1. The monoisotopic (exact) mass is 551 g/mol. The molecule has 1 atom stereocenters. The van der Waals surface area contributed by atoms with Gasteiger partial charge in [0.15, 0.2) is 0 Å². The van der Waals surface area contributed by atoms with Crippen LogP contribution in [0.4, 0.5) is 0 Å². The van der Waals surface area contributed by atoms with Crippen molar-refractivity contribution in [2.24, 2.45) is 5.92 Å². The third-order valence-corrected chi connectivity index (χ3v) is 9.46. The molecule has 0 radical (unpaired) electrons. The summed E-state index contributed by atoms with van der Waals surface area (Å²) in [7, 11) is -1.15.